The van der Waals surface area contributed by atoms with Gasteiger partial charge < -0.3 is 10.1 Å². The fraction of sp³-hybridized carbons (Fsp3) is 0.286. The van der Waals surface area contributed by atoms with E-state index in [1.165, 1.54) is 6.07 Å². The molecule has 0 fully saturated rings. The second kappa shape index (κ2) is 8.81. The Labute approximate surface area is 166 Å². The standard InChI is InChI=1S/C21H20F2N2O4/c1-13-8-9-15-16(11-13)20(28)25(19(15)27)10-4-7-18(26)24-12-14-5-2-3-6-17(14)29-21(22)23/h2-3,5-6,8-9,11,21H,4,7,10,12H2,1H3,(H,24,26). The van der Waals surface area contributed by atoms with E-state index in [1.807, 2.05) is 6.92 Å². The van der Waals surface area contributed by atoms with E-state index in [0.717, 1.165) is 10.5 Å². The van der Waals surface area contributed by atoms with E-state index in [0.29, 0.717) is 23.1 Å². The quantitative estimate of drug-likeness (QED) is 0.688. The topological polar surface area (TPSA) is 75.7 Å². The number of fused-ring (bicyclic) bond motifs is 1. The van der Waals surface area contributed by atoms with Crippen LogP contribution in [-0.2, 0) is 11.3 Å². The van der Waals surface area contributed by atoms with E-state index >= 15 is 0 Å². The molecule has 1 heterocycles. The zero-order chi connectivity index (χ0) is 21.0. The summed E-state index contributed by atoms with van der Waals surface area (Å²) in [6, 6.07) is 11.3. The van der Waals surface area contributed by atoms with Crippen LogP contribution in [0.15, 0.2) is 42.5 Å². The first-order chi connectivity index (χ1) is 13.9. The molecule has 8 heteroatoms. The lowest BCUT2D eigenvalue weighted by molar-refractivity contribution is -0.121. The van der Waals surface area contributed by atoms with Crippen molar-refractivity contribution in [3.05, 3.63) is 64.7 Å². The second-order valence-electron chi connectivity index (χ2n) is 6.68. The number of ether oxygens (including phenoxy) is 1. The third-order valence-electron chi connectivity index (χ3n) is 4.58. The van der Waals surface area contributed by atoms with E-state index in [-0.39, 0.29) is 43.0 Å². The van der Waals surface area contributed by atoms with Gasteiger partial charge in [0.25, 0.3) is 11.8 Å². The van der Waals surface area contributed by atoms with E-state index in [1.54, 1.807) is 36.4 Å². The largest absolute Gasteiger partial charge is 0.434 e. The predicted octanol–water partition coefficient (Wildman–Crippen LogP) is 3.29. The van der Waals surface area contributed by atoms with Crippen LogP contribution in [-0.4, -0.2) is 35.8 Å². The third kappa shape index (κ3) is 4.77. The van der Waals surface area contributed by atoms with Crippen molar-refractivity contribution in [1.82, 2.24) is 10.2 Å². The maximum atomic E-state index is 12.4. The average molecular weight is 402 g/mol. The molecule has 0 bridgehead atoms. The highest BCUT2D eigenvalue weighted by Crippen LogP contribution is 2.24. The first-order valence-corrected chi connectivity index (χ1v) is 9.13. The molecule has 3 rings (SSSR count). The van der Waals surface area contributed by atoms with Gasteiger partial charge in [-0.15, -0.1) is 0 Å². The summed E-state index contributed by atoms with van der Waals surface area (Å²) in [4.78, 5) is 38.0. The van der Waals surface area contributed by atoms with Crippen molar-refractivity contribution in [3.63, 3.8) is 0 Å². The van der Waals surface area contributed by atoms with Crippen LogP contribution in [0.2, 0.25) is 0 Å². The molecule has 2 aromatic carbocycles. The van der Waals surface area contributed by atoms with Crippen LogP contribution in [0.5, 0.6) is 5.75 Å². The maximum absolute atomic E-state index is 12.4. The Balaban J connectivity index is 1.49. The van der Waals surface area contributed by atoms with Gasteiger partial charge in [0.1, 0.15) is 5.75 Å². The molecule has 2 aromatic rings. The Morgan fingerprint density at radius 1 is 1.10 bits per heavy atom. The zero-order valence-electron chi connectivity index (χ0n) is 15.8. The third-order valence-corrected chi connectivity index (χ3v) is 4.58. The molecule has 0 spiro atoms. The molecule has 1 aliphatic heterocycles. The molecule has 0 atom stereocenters. The zero-order valence-corrected chi connectivity index (χ0v) is 15.8. The molecule has 0 saturated carbocycles. The van der Waals surface area contributed by atoms with Crippen LogP contribution in [0, 0.1) is 6.92 Å². The molecule has 29 heavy (non-hydrogen) atoms. The van der Waals surface area contributed by atoms with Gasteiger partial charge >= 0.3 is 6.61 Å². The van der Waals surface area contributed by atoms with E-state index in [2.05, 4.69) is 10.1 Å². The highest BCUT2D eigenvalue weighted by Gasteiger charge is 2.34. The number of benzene rings is 2. The molecule has 0 radical (unpaired) electrons. The minimum atomic E-state index is -2.95. The number of carbonyl (C=O) groups is 3. The number of halogens is 2. The number of alkyl halides is 2. The molecular weight excluding hydrogens is 382 g/mol. The summed E-state index contributed by atoms with van der Waals surface area (Å²) in [6.45, 7) is -0.941. The number of hydrogen-bond acceptors (Lipinski definition) is 4. The van der Waals surface area contributed by atoms with Gasteiger partial charge in [-0.05, 0) is 31.5 Å². The lowest BCUT2D eigenvalue weighted by Gasteiger charge is -2.14. The molecule has 1 aliphatic rings. The number of amides is 3. The SMILES string of the molecule is Cc1ccc2c(c1)C(=O)N(CCCC(=O)NCc1ccccc1OC(F)F)C2=O. The number of aryl methyl sites for hydroxylation is 1. The highest BCUT2D eigenvalue weighted by atomic mass is 19.3. The molecular formula is C21H20F2N2O4. The molecule has 1 N–H and O–H groups in total. The number of rotatable bonds is 8. The van der Waals surface area contributed by atoms with Gasteiger partial charge in [0.2, 0.25) is 5.91 Å². The summed E-state index contributed by atoms with van der Waals surface area (Å²) >= 11 is 0. The van der Waals surface area contributed by atoms with Crippen molar-refractivity contribution < 1.29 is 27.9 Å². The Bertz CT molecular complexity index is 946. The molecule has 0 saturated heterocycles. The highest BCUT2D eigenvalue weighted by molar-refractivity contribution is 6.21. The van der Waals surface area contributed by atoms with E-state index in [9.17, 15) is 23.2 Å². The molecule has 3 amide bonds. The fourth-order valence-electron chi connectivity index (χ4n) is 3.15. The minimum Gasteiger partial charge on any atom is -0.434 e. The van der Waals surface area contributed by atoms with Gasteiger partial charge in [0.15, 0.2) is 0 Å². The monoisotopic (exact) mass is 402 g/mol. The number of nitrogens with one attached hydrogen (secondary N) is 1. The average Bonchev–Trinajstić information content (AvgIpc) is 2.91. The molecule has 152 valence electrons. The predicted molar refractivity (Wildman–Crippen MR) is 101 cm³/mol. The molecule has 0 aliphatic carbocycles. The summed E-state index contributed by atoms with van der Waals surface area (Å²) in [5.41, 5.74) is 2.08. The van der Waals surface area contributed by atoms with Gasteiger partial charge in [-0.25, -0.2) is 0 Å². The van der Waals surface area contributed by atoms with Crippen molar-refractivity contribution >= 4 is 17.7 Å². The summed E-state index contributed by atoms with van der Waals surface area (Å²) in [7, 11) is 0. The molecule has 0 unspecified atom stereocenters. The minimum absolute atomic E-state index is 0.00381. The van der Waals surface area contributed by atoms with Crippen LogP contribution in [0.3, 0.4) is 0 Å². The van der Waals surface area contributed by atoms with Gasteiger partial charge in [0, 0.05) is 25.1 Å². The summed E-state index contributed by atoms with van der Waals surface area (Å²) in [5.74, 6) is -1.02. The van der Waals surface area contributed by atoms with Gasteiger partial charge in [0.05, 0.1) is 11.1 Å². The normalized spacial score (nSPS) is 13.0. The number of carbonyl (C=O) groups excluding carboxylic acids is 3. The lowest BCUT2D eigenvalue weighted by Crippen LogP contribution is -2.32. The van der Waals surface area contributed by atoms with Gasteiger partial charge in [-0.3, -0.25) is 19.3 Å². The van der Waals surface area contributed by atoms with Crippen LogP contribution < -0.4 is 10.1 Å². The van der Waals surface area contributed by atoms with Crippen LogP contribution in [0.1, 0.15) is 44.7 Å². The van der Waals surface area contributed by atoms with Crippen molar-refractivity contribution in [3.8, 4) is 5.75 Å². The lowest BCUT2D eigenvalue weighted by atomic mass is 10.1. The van der Waals surface area contributed by atoms with Gasteiger partial charge in [-0.2, -0.15) is 8.78 Å². The van der Waals surface area contributed by atoms with Crippen molar-refractivity contribution in [2.45, 2.75) is 32.9 Å². The first-order valence-electron chi connectivity index (χ1n) is 9.13. The fourth-order valence-corrected chi connectivity index (χ4v) is 3.15. The number of imide groups is 1. The summed E-state index contributed by atoms with van der Waals surface area (Å²) in [5, 5.41) is 2.63. The van der Waals surface area contributed by atoms with E-state index in [4.69, 9.17) is 0 Å². The number of para-hydroxylation sites is 1. The second-order valence-corrected chi connectivity index (χ2v) is 6.68. The van der Waals surface area contributed by atoms with E-state index < -0.39 is 6.61 Å². The molecule has 0 aromatic heterocycles. The van der Waals surface area contributed by atoms with Crippen LogP contribution >= 0.6 is 0 Å². The summed E-state index contributed by atoms with van der Waals surface area (Å²) in [6.07, 6.45) is 0.385. The van der Waals surface area contributed by atoms with Crippen molar-refractivity contribution in [2.24, 2.45) is 0 Å². The van der Waals surface area contributed by atoms with Crippen molar-refractivity contribution in [1.29, 1.82) is 0 Å². The summed E-state index contributed by atoms with van der Waals surface area (Å²) < 4.78 is 29.3. The number of hydrogen-bond donors (Lipinski definition) is 1. The Kier molecular flexibility index (Phi) is 6.21. The van der Waals surface area contributed by atoms with Gasteiger partial charge in [-0.1, -0.05) is 29.8 Å². The number of nitrogens with zero attached hydrogens (tertiary/aromatic N) is 1. The molecule has 6 nitrogen and oxygen atoms in total. The van der Waals surface area contributed by atoms with Crippen LogP contribution in [0.4, 0.5) is 8.78 Å². The van der Waals surface area contributed by atoms with Crippen LogP contribution in [0.25, 0.3) is 0 Å². The Morgan fingerprint density at radius 3 is 2.59 bits per heavy atom. The maximum Gasteiger partial charge on any atom is 0.387 e. The first kappa shape index (κ1) is 20.4. The smallest absolute Gasteiger partial charge is 0.387 e. The Morgan fingerprint density at radius 2 is 1.83 bits per heavy atom. The Hall–Kier alpha value is -3.29. The van der Waals surface area contributed by atoms with Crippen molar-refractivity contribution in [2.75, 3.05) is 6.54 Å².